The highest BCUT2D eigenvalue weighted by Gasteiger charge is 2.26. The van der Waals surface area contributed by atoms with E-state index >= 15 is 0 Å². The molecule has 0 bridgehead atoms. The molecule has 92 valence electrons. The quantitative estimate of drug-likeness (QED) is 0.574. The van der Waals surface area contributed by atoms with Crippen LogP contribution in [0.1, 0.15) is 32.4 Å². The van der Waals surface area contributed by atoms with Crippen LogP contribution in [0.2, 0.25) is 0 Å². The molecule has 0 unspecified atom stereocenters. The van der Waals surface area contributed by atoms with Crippen molar-refractivity contribution in [2.45, 2.75) is 26.8 Å². The molecule has 0 aromatic heterocycles. The Balaban J connectivity index is 0.00000225. The van der Waals surface area contributed by atoms with Crippen LogP contribution in [0.5, 0.6) is 17.2 Å². The van der Waals surface area contributed by atoms with Gasteiger partial charge in [-0.05, 0) is 17.5 Å². The number of hydrogen-bond acceptors (Lipinski definition) is 4. The zero-order valence-corrected chi connectivity index (χ0v) is 10.4. The van der Waals surface area contributed by atoms with Gasteiger partial charge in [0.15, 0.2) is 11.5 Å². The summed E-state index contributed by atoms with van der Waals surface area (Å²) < 4.78 is 0. The number of halogens is 1. The summed E-state index contributed by atoms with van der Waals surface area (Å²) in [5.74, 6) is -1.22. The Hall–Kier alpha value is -1.13. The lowest BCUT2D eigenvalue weighted by Gasteiger charge is -2.28. The van der Waals surface area contributed by atoms with Gasteiger partial charge in [0.1, 0.15) is 0 Å². The Bertz CT molecular complexity index is 374. The van der Waals surface area contributed by atoms with Crippen molar-refractivity contribution < 1.29 is 15.3 Å². The molecule has 0 saturated heterocycles. The van der Waals surface area contributed by atoms with E-state index in [1.165, 1.54) is 12.1 Å². The van der Waals surface area contributed by atoms with Gasteiger partial charge in [-0.15, -0.1) is 12.4 Å². The Morgan fingerprint density at radius 3 is 2.00 bits per heavy atom. The van der Waals surface area contributed by atoms with Crippen molar-refractivity contribution in [3.63, 3.8) is 0 Å². The maximum Gasteiger partial charge on any atom is 0.200 e. The number of hydrogen-bond donors (Lipinski definition) is 4. The largest absolute Gasteiger partial charge is 0.504 e. The van der Waals surface area contributed by atoms with Gasteiger partial charge in [-0.2, -0.15) is 0 Å². The molecule has 0 heterocycles. The van der Waals surface area contributed by atoms with Crippen molar-refractivity contribution in [1.29, 1.82) is 0 Å². The first-order chi connectivity index (χ1) is 6.75. The minimum Gasteiger partial charge on any atom is -0.504 e. The fourth-order valence-electron chi connectivity index (χ4n) is 1.30. The molecule has 5 N–H and O–H groups in total. The fourth-order valence-corrected chi connectivity index (χ4v) is 1.30. The van der Waals surface area contributed by atoms with Crippen LogP contribution in [0.25, 0.3) is 0 Å². The molecule has 0 aliphatic carbocycles. The van der Waals surface area contributed by atoms with Gasteiger partial charge < -0.3 is 21.1 Å². The molecule has 1 atom stereocenters. The molecule has 16 heavy (non-hydrogen) atoms. The summed E-state index contributed by atoms with van der Waals surface area (Å²) in [4.78, 5) is 0. The summed E-state index contributed by atoms with van der Waals surface area (Å²) in [6.07, 6.45) is 0. The third-order valence-corrected chi connectivity index (χ3v) is 2.43. The van der Waals surface area contributed by atoms with E-state index in [0.717, 1.165) is 0 Å². The zero-order chi connectivity index (χ0) is 11.8. The Morgan fingerprint density at radius 2 is 1.56 bits per heavy atom. The van der Waals surface area contributed by atoms with E-state index in [1.807, 2.05) is 20.8 Å². The van der Waals surface area contributed by atoms with Crippen molar-refractivity contribution >= 4 is 12.4 Å². The second-order valence-electron chi connectivity index (χ2n) is 4.71. The van der Waals surface area contributed by atoms with E-state index in [-0.39, 0.29) is 29.3 Å². The van der Waals surface area contributed by atoms with E-state index in [4.69, 9.17) is 10.8 Å². The standard InChI is InChI=1S/C11H17NO3.ClH/c1-11(2,3)10(12)6-4-5-7(13)9(15)8(6)14;/h4-5,10,13-15H,12H2,1-3H3;1H/t10-;/m1./s1. The lowest BCUT2D eigenvalue weighted by molar-refractivity contribution is 0.309. The molecule has 0 fully saturated rings. The van der Waals surface area contributed by atoms with Crippen molar-refractivity contribution in [3.8, 4) is 17.2 Å². The number of aromatic hydroxyl groups is 3. The van der Waals surface area contributed by atoms with E-state index in [2.05, 4.69) is 0 Å². The molecule has 1 aromatic carbocycles. The minimum atomic E-state index is -0.521. The highest BCUT2D eigenvalue weighted by Crippen LogP contribution is 2.43. The van der Waals surface area contributed by atoms with Crippen LogP contribution in [0, 0.1) is 5.41 Å². The molecule has 1 aromatic rings. The normalized spacial score (nSPS) is 13.0. The first-order valence-corrected chi connectivity index (χ1v) is 4.74. The topological polar surface area (TPSA) is 86.7 Å². The van der Waals surface area contributed by atoms with Gasteiger partial charge in [0.05, 0.1) is 0 Å². The monoisotopic (exact) mass is 247 g/mol. The number of benzene rings is 1. The number of phenolic OH excluding ortho intramolecular Hbond substituents is 3. The zero-order valence-electron chi connectivity index (χ0n) is 9.56. The van der Waals surface area contributed by atoms with E-state index in [1.54, 1.807) is 0 Å². The highest BCUT2D eigenvalue weighted by atomic mass is 35.5. The van der Waals surface area contributed by atoms with Crippen molar-refractivity contribution in [3.05, 3.63) is 17.7 Å². The Labute approximate surface area is 101 Å². The summed E-state index contributed by atoms with van der Waals surface area (Å²) in [6, 6.07) is 2.42. The molecule has 0 amide bonds. The number of nitrogens with two attached hydrogens (primary N) is 1. The molecule has 4 nitrogen and oxygen atoms in total. The molecule has 0 aliphatic rings. The molecule has 5 heteroatoms. The SMILES string of the molecule is CC(C)(C)[C@H](N)c1ccc(O)c(O)c1O.Cl. The van der Waals surface area contributed by atoms with E-state index < -0.39 is 11.8 Å². The van der Waals surface area contributed by atoms with Gasteiger partial charge in [-0.3, -0.25) is 0 Å². The van der Waals surface area contributed by atoms with Crippen LogP contribution in [0.3, 0.4) is 0 Å². The molecule has 0 aliphatic heterocycles. The molecule has 0 saturated carbocycles. The van der Waals surface area contributed by atoms with Gasteiger partial charge >= 0.3 is 0 Å². The predicted molar refractivity (Wildman–Crippen MR) is 65.1 cm³/mol. The Morgan fingerprint density at radius 1 is 1.06 bits per heavy atom. The van der Waals surface area contributed by atoms with Crippen molar-refractivity contribution in [2.24, 2.45) is 11.1 Å². The second kappa shape index (κ2) is 4.80. The Kier molecular flexibility index (Phi) is 4.46. The highest BCUT2D eigenvalue weighted by molar-refractivity contribution is 5.85. The maximum absolute atomic E-state index is 9.62. The van der Waals surface area contributed by atoms with Gasteiger partial charge in [0.25, 0.3) is 0 Å². The average Bonchev–Trinajstić information content (AvgIpc) is 2.12. The van der Waals surface area contributed by atoms with Crippen LogP contribution in [0.15, 0.2) is 12.1 Å². The van der Waals surface area contributed by atoms with Crippen molar-refractivity contribution in [1.82, 2.24) is 0 Å². The molecular weight excluding hydrogens is 230 g/mol. The first kappa shape index (κ1) is 14.9. The van der Waals surface area contributed by atoms with Crippen LogP contribution in [-0.4, -0.2) is 15.3 Å². The molecule has 0 spiro atoms. The van der Waals surface area contributed by atoms with Gasteiger partial charge in [0.2, 0.25) is 5.75 Å². The van der Waals surface area contributed by atoms with Crippen LogP contribution < -0.4 is 5.73 Å². The number of phenols is 3. The summed E-state index contributed by atoms with van der Waals surface area (Å²) >= 11 is 0. The third kappa shape index (κ3) is 2.71. The third-order valence-electron chi connectivity index (χ3n) is 2.43. The summed E-state index contributed by atoms with van der Waals surface area (Å²) in [5.41, 5.74) is 6.13. The van der Waals surface area contributed by atoms with E-state index in [0.29, 0.717) is 5.56 Å². The maximum atomic E-state index is 9.62. The minimum absolute atomic E-state index is 0. The van der Waals surface area contributed by atoms with Crippen LogP contribution in [0.4, 0.5) is 0 Å². The average molecular weight is 248 g/mol. The van der Waals surface area contributed by atoms with Crippen LogP contribution in [-0.2, 0) is 0 Å². The molecular formula is C11H18ClNO3. The van der Waals surface area contributed by atoms with Gasteiger partial charge in [-0.25, -0.2) is 0 Å². The lowest BCUT2D eigenvalue weighted by atomic mass is 9.82. The lowest BCUT2D eigenvalue weighted by Crippen LogP contribution is -2.26. The predicted octanol–water partition coefficient (Wildman–Crippen LogP) is 2.27. The van der Waals surface area contributed by atoms with Crippen LogP contribution >= 0.6 is 12.4 Å². The summed E-state index contributed by atoms with van der Waals surface area (Å²) in [7, 11) is 0. The van der Waals surface area contributed by atoms with Gasteiger partial charge in [-0.1, -0.05) is 20.8 Å². The molecule has 0 radical (unpaired) electrons. The summed E-state index contributed by atoms with van der Waals surface area (Å²) in [5, 5.41) is 28.1. The van der Waals surface area contributed by atoms with Gasteiger partial charge in [0, 0.05) is 11.6 Å². The fraction of sp³-hybridized carbons (Fsp3) is 0.455. The first-order valence-electron chi connectivity index (χ1n) is 4.74. The van der Waals surface area contributed by atoms with E-state index in [9.17, 15) is 10.2 Å². The smallest absolute Gasteiger partial charge is 0.200 e. The second-order valence-corrected chi connectivity index (χ2v) is 4.71. The summed E-state index contributed by atoms with van der Waals surface area (Å²) in [6.45, 7) is 5.79. The number of rotatable bonds is 1. The van der Waals surface area contributed by atoms with Crippen molar-refractivity contribution in [2.75, 3.05) is 0 Å². The molecule has 1 rings (SSSR count).